The van der Waals surface area contributed by atoms with Crippen LogP contribution < -0.4 is 5.32 Å². The van der Waals surface area contributed by atoms with Crippen LogP contribution in [0.2, 0.25) is 0 Å². The second-order valence-corrected chi connectivity index (χ2v) is 9.63. The van der Waals surface area contributed by atoms with Gasteiger partial charge in [0.05, 0.1) is 0 Å². The maximum Gasteiger partial charge on any atom is 0.407 e. The SMILES string of the molecule is CN1C(=O)N(CC(=O)N2CCC(NC(=O)OC(C)(C)C)CC2)C(=O)C12CCCCC2. The molecule has 1 aliphatic carbocycles. The number of ether oxygens (including phenoxy) is 1. The average Bonchev–Trinajstić information content (AvgIpc) is 2.84. The highest BCUT2D eigenvalue weighted by Crippen LogP contribution is 2.39. The first kappa shape index (κ1) is 22.4. The van der Waals surface area contributed by atoms with Gasteiger partial charge in [-0.3, -0.25) is 14.5 Å². The summed E-state index contributed by atoms with van der Waals surface area (Å²) in [5.41, 5.74) is -1.32. The summed E-state index contributed by atoms with van der Waals surface area (Å²) in [6, 6.07) is -0.438. The Morgan fingerprint density at radius 3 is 2.27 bits per heavy atom. The number of piperidine rings is 1. The molecule has 2 saturated heterocycles. The van der Waals surface area contributed by atoms with Crippen molar-refractivity contribution in [3.8, 4) is 0 Å². The van der Waals surface area contributed by atoms with E-state index in [0.29, 0.717) is 38.8 Å². The monoisotopic (exact) mass is 422 g/mol. The van der Waals surface area contributed by atoms with E-state index in [1.54, 1.807) is 16.8 Å². The normalized spacial score (nSPS) is 22.6. The van der Waals surface area contributed by atoms with E-state index in [1.165, 1.54) is 0 Å². The molecule has 3 aliphatic rings. The molecule has 5 amide bonds. The predicted molar refractivity (Wildman–Crippen MR) is 110 cm³/mol. The Morgan fingerprint density at radius 2 is 1.70 bits per heavy atom. The summed E-state index contributed by atoms with van der Waals surface area (Å²) in [6.07, 6.45) is 5.00. The van der Waals surface area contributed by atoms with Crippen molar-refractivity contribution >= 4 is 23.9 Å². The number of amides is 5. The summed E-state index contributed by atoms with van der Waals surface area (Å²) in [7, 11) is 1.67. The van der Waals surface area contributed by atoms with E-state index in [9.17, 15) is 19.2 Å². The third-order valence-corrected chi connectivity index (χ3v) is 6.35. The number of alkyl carbamates (subject to hydrolysis) is 1. The van der Waals surface area contributed by atoms with Crippen LogP contribution >= 0.6 is 0 Å². The van der Waals surface area contributed by atoms with Gasteiger partial charge in [0.25, 0.3) is 5.91 Å². The molecular weight excluding hydrogens is 388 g/mol. The molecule has 3 rings (SSSR count). The zero-order chi connectivity index (χ0) is 22.1. The van der Waals surface area contributed by atoms with Crippen molar-refractivity contribution < 1.29 is 23.9 Å². The van der Waals surface area contributed by atoms with E-state index in [4.69, 9.17) is 4.74 Å². The Balaban J connectivity index is 1.52. The summed E-state index contributed by atoms with van der Waals surface area (Å²) in [6.45, 7) is 6.15. The van der Waals surface area contributed by atoms with Crippen LogP contribution in [-0.2, 0) is 14.3 Å². The number of hydrogen-bond acceptors (Lipinski definition) is 5. The molecule has 2 heterocycles. The zero-order valence-electron chi connectivity index (χ0n) is 18.5. The maximum absolute atomic E-state index is 13.0. The zero-order valence-corrected chi connectivity index (χ0v) is 18.5. The van der Waals surface area contributed by atoms with Crippen molar-refractivity contribution in [3.63, 3.8) is 0 Å². The minimum Gasteiger partial charge on any atom is -0.444 e. The van der Waals surface area contributed by atoms with E-state index in [2.05, 4.69) is 5.32 Å². The Labute approximate surface area is 178 Å². The van der Waals surface area contributed by atoms with Crippen LogP contribution in [0.5, 0.6) is 0 Å². The van der Waals surface area contributed by atoms with Crippen LogP contribution in [0.3, 0.4) is 0 Å². The first-order valence-electron chi connectivity index (χ1n) is 10.9. The molecule has 2 aliphatic heterocycles. The fourth-order valence-corrected chi connectivity index (χ4v) is 4.65. The Morgan fingerprint density at radius 1 is 1.10 bits per heavy atom. The highest BCUT2D eigenvalue weighted by Gasteiger charge is 2.56. The van der Waals surface area contributed by atoms with Crippen molar-refractivity contribution in [1.29, 1.82) is 0 Å². The van der Waals surface area contributed by atoms with Crippen LogP contribution in [0, 0.1) is 0 Å². The molecular formula is C21H34N4O5. The molecule has 1 N–H and O–H groups in total. The van der Waals surface area contributed by atoms with Crippen LogP contribution in [0.4, 0.5) is 9.59 Å². The van der Waals surface area contributed by atoms with Gasteiger partial charge in [0.15, 0.2) is 0 Å². The molecule has 168 valence electrons. The quantitative estimate of drug-likeness (QED) is 0.702. The number of rotatable bonds is 3. The molecule has 0 aromatic rings. The summed E-state index contributed by atoms with van der Waals surface area (Å²) < 4.78 is 5.27. The number of imide groups is 1. The Kier molecular flexibility index (Phi) is 6.29. The average molecular weight is 423 g/mol. The number of likely N-dealkylation sites (tertiary alicyclic amines) is 1. The van der Waals surface area contributed by atoms with Crippen LogP contribution in [0.1, 0.15) is 65.7 Å². The van der Waals surface area contributed by atoms with Crippen molar-refractivity contribution in [3.05, 3.63) is 0 Å². The molecule has 0 atom stereocenters. The van der Waals surface area contributed by atoms with Crippen molar-refractivity contribution in [2.24, 2.45) is 0 Å². The lowest BCUT2D eigenvalue weighted by Gasteiger charge is -2.36. The van der Waals surface area contributed by atoms with Gasteiger partial charge >= 0.3 is 12.1 Å². The predicted octanol–water partition coefficient (Wildman–Crippen LogP) is 2.10. The highest BCUT2D eigenvalue weighted by atomic mass is 16.6. The van der Waals surface area contributed by atoms with Crippen molar-refractivity contribution in [2.45, 2.75) is 82.9 Å². The van der Waals surface area contributed by atoms with Crippen LogP contribution in [0.15, 0.2) is 0 Å². The summed E-state index contributed by atoms with van der Waals surface area (Å²) in [5.74, 6) is -0.460. The third kappa shape index (κ3) is 4.54. The molecule has 3 fully saturated rings. The standard InChI is InChI=1S/C21H34N4O5/c1-20(2,3)30-18(28)22-15-8-12-24(13-9-15)16(26)14-25-17(27)21(23(4)19(25)29)10-6-5-7-11-21/h15H,5-14H2,1-4H3,(H,22,28). The topological polar surface area (TPSA) is 99.3 Å². The van der Waals surface area contributed by atoms with Gasteiger partial charge in [-0.05, 0) is 46.5 Å². The smallest absolute Gasteiger partial charge is 0.407 e. The van der Waals surface area contributed by atoms with Crippen molar-refractivity contribution in [1.82, 2.24) is 20.0 Å². The number of nitrogens with zero attached hydrogens (tertiary/aromatic N) is 3. The lowest BCUT2D eigenvalue weighted by atomic mass is 9.81. The Bertz CT molecular complexity index is 703. The van der Waals surface area contributed by atoms with Gasteiger partial charge in [-0.15, -0.1) is 0 Å². The van der Waals surface area contributed by atoms with Gasteiger partial charge in [0.1, 0.15) is 17.7 Å². The molecule has 0 aromatic carbocycles. The first-order chi connectivity index (χ1) is 14.0. The van der Waals surface area contributed by atoms with Gasteiger partial charge in [-0.25, -0.2) is 9.59 Å². The number of carbonyl (C=O) groups excluding carboxylic acids is 4. The molecule has 0 radical (unpaired) electrons. The number of urea groups is 1. The number of carbonyl (C=O) groups is 4. The molecule has 0 bridgehead atoms. The van der Waals surface area contributed by atoms with Crippen molar-refractivity contribution in [2.75, 3.05) is 26.7 Å². The number of nitrogens with one attached hydrogen (secondary N) is 1. The molecule has 9 heteroatoms. The van der Waals surface area contributed by atoms with E-state index in [-0.39, 0.29) is 30.4 Å². The molecule has 1 saturated carbocycles. The molecule has 9 nitrogen and oxygen atoms in total. The highest BCUT2D eigenvalue weighted by molar-refractivity contribution is 6.08. The van der Waals surface area contributed by atoms with E-state index in [1.807, 2.05) is 20.8 Å². The minimum absolute atomic E-state index is 0.0596. The van der Waals surface area contributed by atoms with Gasteiger partial charge < -0.3 is 19.9 Å². The third-order valence-electron chi connectivity index (χ3n) is 6.35. The summed E-state index contributed by atoms with van der Waals surface area (Å²) >= 11 is 0. The fraction of sp³-hybridized carbons (Fsp3) is 0.810. The first-order valence-corrected chi connectivity index (χ1v) is 10.9. The second-order valence-electron chi connectivity index (χ2n) is 9.63. The minimum atomic E-state index is -0.764. The molecule has 0 unspecified atom stereocenters. The van der Waals surface area contributed by atoms with Gasteiger partial charge in [-0.1, -0.05) is 19.3 Å². The largest absolute Gasteiger partial charge is 0.444 e. The van der Waals surface area contributed by atoms with E-state index >= 15 is 0 Å². The number of hydrogen-bond donors (Lipinski definition) is 1. The van der Waals surface area contributed by atoms with Gasteiger partial charge in [0, 0.05) is 26.2 Å². The fourth-order valence-electron chi connectivity index (χ4n) is 4.65. The summed E-state index contributed by atoms with van der Waals surface area (Å²) in [5, 5.41) is 2.84. The Hall–Kier alpha value is -2.32. The lowest BCUT2D eigenvalue weighted by Crippen LogP contribution is -2.51. The van der Waals surface area contributed by atoms with E-state index < -0.39 is 17.2 Å². The van der Waals surface area contributed by atoms with Crippen LogP contribution in [-0.4, -0.2) is 82.5 Å². The number of likely N-dealkylation sites (N-methyl/N-ethyl adjacent to an activating group) is 1. The van der Waals surface area contributed by atoms with E-state index in [0.717, 1.165) is 24.2 Å². The van der Waals surface area contributed by atoms with Crippen LogP contribution in [0.25, 0.3) is 0 Å². The molecule has 30 heavy (non-hydrogen) atoms. The van der Waals surface area contributed by atoms with Gasteiger partial charge in [-0.2, -0.15) is 0 Å². The maximum atomic E-state index is 13.0. The lowest BCUT2D eigenvalue weighted by molar-refractivity contribution is -0.141. The van der Waals surface area contributed by atoms with Gasteiger partial charge in [0.2, 0.25) is 5.91 Å². The molecule has 0 aromatic heterocycles. The second kappa shape index (κ2) is 8.43. The summed E-state index contributed by atoms with van der Waals surface area (Å²) in [4.78, 5) is 54.8. The molecule has 1 spiro atoms.